The molecule has 22 heavy (non-hydrogen) atoms. The molecule has 3 heteroatoms. The minimum atomic E-state index is -0.000881. The number of carbonyl (C=O) groups excluding carboxylic acids is 1. The van der Waals surface area contributed by atoms with E-state index in [0.717, 1.165) is 19.3 Å². The van der Waals surface area contributed by atoms with Crippen molar-refractivity contribution in [1.29, 1.82) is 0 Å². The van der Waals surface area contributed by atoms with Crippen molar-refractivity contribution in [2.75, 3.05) is 13.2 Å². The maximum atomic E-state index is 11.4. The average Bonchev–Trinajstić information content (AvgIpc) is 2.51. The molecule has 0 aliphatic carbocycles. The lowest BCUT2D eigenvalue weighted by Gasteiger charge is -2.04. The molecule has 0 rings (SSSR count). The molecule has 1 N–H and O–H groups in total. The van der Waals surface area contributed by atoms with Crippen LogP contribution in [0.3, 0.4) is 0 Å². The van der Waals surface area contributed by atoms with Crippen LogP contribution in [0.5, 0.6) is 0 Å². The van der Waals surface area contributed by atoms with E-state index >= 15 is 0 Å². The smallest absolute Gasteiger partial charge is 0.305 e. The number of hydrogen-bond donors (Lipinski definition) is 1. The van der Waals surface area contributed by atoms with Crippen molar-refractivity contribution in [3.05, 3.63) is 0 Å². The Balaban J connectivity index is 0. The van der Waals surface area contributed by atoms with Crippen LogP contribution >= 0.6 is 0 Å². The van der Waals surface area contributed by atoms with E-state index in [-0.39, 0.29) is 12.6 Å². The van der Waals surface area contributed by atoms with Crippen LogP contribution in [-0.2, 0) is 9.53 Å². The van der Waals surface area contributed by atoms with Crippen LogP contribution in [0.15, 0.2) is 0 Å². The summed E-state index contributed by atoms with van der Waals surface area (Å²) in [6, 6.07) is 0. The lowest BCUT2D eigenvalue weighted by atomic mass is 10.1. The highest BCUT2D eigenvalue weighted by Crippen LogP contribution is 2.10. The van der Waals surface area contributed by atoms with E-state index in [9.17, 15) is 4.79 Å². The Kier molecular flexibility index (Phi) is 24.5. The number of aliphatic hydroxyl groups is 1. The summed E-state index contributed by atoms with van der Waals surface area (Å²) in [5.74, 6) is -0.000881. The SMILES string of the molecule is CCCCCCCCCCCC(=O)OCCCCC.CCO. The summed E-state index contributed by atoms with van der Waals surface area (Å²) in [6.45, 7) is 6.95. The monoisotopic (exact) mass is 316 g/mol. The van der Waals surface area contributed by atoms with Crippen molar-refractivity contribution >= 4 is 5.97 Å². The van der Waals surface area contributed by atoms with Crippen LogP contribution in [0, 0.1) is 0 Å². The molecule has 0 aliphatic heterocycles. The van der Waals surface area contributed by atoms with Gasteiger partial charge in [0.2, 0.25) is 0 Å². The second kappa shape index (κ2) is 22.7. The van der Waals surface area contributed by atoms with Crippen molar-refractivity contribution in [1.82, 2.24) is 0 Å². The molecule has 134 valence electrons. The van der Waals surface area contributed by atoms with E-state index in [0.29, 0.717) is 13.0 Å². The topological polar surface area (TPSA) is 46.5 Å². The molecule has 0 saturated carbocycles. The summed E-state index contributed by atoms with van der Waals surface area (Å²) < 4.78 is 5.18. The van der Waals surface area contributed by atoms with Gasteiger partial charge in [-0.3, -0.25) is 4.79 Å². The molecule has 0 saturated heterocycles. The van der Waals surface area contributed by atoms with E-state index < -0.39 is 0 Å². The third-order valence-electron chi connectivity index (χ3n) is 3.50. The van der Waals surface area contributed by atoms with E-state index in [1.165, 1.54) is 57.8 Å². The first kappa shape index (κ1) is 23.7. The highest BCUT2D eigenvalue weighted by atomic mass is 16.5. The van der Waals surface area contributed by atoms with E-state index in [2.05, 4.69) is 13.8 Å². The minimum absolute atomic E-state index is 0.000881. The van der Waals surface area contributed by atoms with Crippen molar-refractivity contribution in [3.63, 3.8) is 0 Å². The third-order valence-corrected chi connectivity index (χ3v) is 3.50. The van der Waals surface area contributed by atoms with Crippen LogP contribution < -0.4 is 0 Å². The molecular weight excluding hydrogens is 276 g/mol. The van der Waals surface area contributed by atoms with Gasteiger partial charge in [0.25, 0.3) is 0 Å². The quantitative estimate of drug-likeness (QED) is 0.333. The van der Waals surface area contributed by atoms with Gasteiger partial charge in [-0.25, -0.2) is 0 Å². The van der Waals surface area contributed by atoms with Gasteiger partial charge < -0.3 is 9.84 Å². The zero-order valence-electron chi connectivity index (χ0n) is 15.4. The van der Waals surface area contributed by atoms with E-state index in [1.807, 2.05) is 0 Å². The second-order valence-electron chi connectivity index (χ2n) is 5.82. The van der Waals surface area contributed by atoms with Gasteiger partial charge in [-0.2, -0.15) is 0 Å². The molecule has 0 aromatic heterocycles. The molecule has 3 nitrogen and oxygen atoms in total. The fourth-order valence-electron chi connectivity index (χ4n) is 2.19. The average molecular weight is 317 g/mol. The predicted molar refractivity (Wildman–Crippen MR) is 95.1 cm³/mol. The standard InChI is InChI=1S/C17H34O2.C2H6O/c1-3-5-7-8-9-10-11-12-13-15-17(18)19-16-14-6-4-2;1-2-3/h3-16H2,1-2H3;3H,2H2,1H3. The second-order valence-corrected chi connectivity index (χ2v) is 5.82. The third kappa shape index (κ3) is 24.4. The van der Waals surface area contributed by atoms with Crippen LogP contribution in [0.2, 0.25) is 0 Å². The lowest BCUT2D eigenvalue weighted by molar-refractivity contribution is -0.143. The Bertz CT molecular complexity index is 205. The molecule has 0 unspecified atom stereocenters. The van der Waals surface area contributed by atoms with Gasteiger partial charge in [0.1, 0.15) is 0 Å². The van der Waals surface area contributed by atoms with Gasteiger partial charge in [0.15, 0.2) is 0 Å². The first-order chi connectivity index (χ1) is 10.7. The Morgan fingerprint density at radius 2 is 1.14 bits per heavy atom. The molecule has 0 heterocycles. The van der Waals surface area contributed by atoms with Crippen LogP contribution in [0.4, 0.5) is 0 Å². The summed E-state index contributed by atoms with van der Waals surface area (Å²) in [4.78, 5) is 11.4. The molecule has 0 aliphatic rings. The molecule has 0 atom stereocenters. The molecule has 0 aromatic rings. The fraction of sp³-hybridized carbons (Fsp3) is 0.947. The Morgan fingerprint density at radius 1 is 0.727 bits per heavy atom. The van der Waals surface area contributed by atoms with Gasteiger partial charge in [0, 0.05) is 13.0 Å². The largest absolute Gasteiger partial charge is 0.466 e. The molecule has 0 spiro atoms. The number of aliphatic hydroxyl groups excluding tert-OH is 1. The van der Waals surface area contributed by atoms with Crippen molar-refractivity contribution in [2.24, 2.45) is 0 Å². The van der Waals surface area contributed by atoms with E-state index in [1.54, 1.807) is 6.92 Å². The summed E-state index contributed by atoms with van der Waals surface area (Å²) >= 11 is 0. The molecule has 0 radical (unpaired) electrons. The van der Waals surface area contributed by atoms with Gasteiger partial charge in [-0.1, -0.05) is 78.1 Å². The Morgan fingerprint density at radius 3 is 1.64 bits per heavy atom. The highest BCUT2D eigenvalue weighted by Gasteiger charge is 2.01. The molecule has 0 aromatic carbocycles. The van der Waals surface area contributed by atoms with Crippen molar-refractivity contribution in [3.8, 4) is 0 Å². The molecule has 0 fully saturated rings. The van der Waals surface area contributed by atoms with Gasteiger partial charge >= 0.3 is 5.97 Å². The number of hydrogen-bond acceptors (Lipinski definition) is 3. The number of ether oxygens (including phenoxy) is 1. The molecule has 0 amide bonds. The minimum Gasteiger partial charge on any atom is -0.466 e. The summed E-state index contributed by atoms with van der Waals surface area (Å²) in [7, 11) is 0. The zero-order chi connectivity index (χ0) is 16.9. The van der Waals surface area contributed by atoms with E-state index in [4.69, 9.17) is 9.84 Å². The number of unbranched alkanes of at least 4 members (excludes halogenated alkanes) is 10. The number of carbonyl (C=O) groups is 1. The summed E-state index contributed by atoms with van der Waals surface area (Å²) in [5, 5.41) is 7.57. The Hall–Kier alpha value is -0.570. The van der Waals surface area contributed by atoms with Gasteiger partial charge in [-0.05, 0) is 19.8 Å². The van der Waals surface area contributed by atoms with Crippen LogP contribution in [0.25, 0.3) is 0 Å². The number of rotatable bonds is 14. The normalized spacial score (nSPS) is 10.0. The zero-order valence-corrected chi connectivity index (χ0v) is 15.4. The number of esters is 1. The highest BCUT2D eigenvalue weighted by molar-refractivity contribution is 5.69. The predicted octanol–water partition coefficient (Wildman–Crippen LogP) is 5.64. The first-order valence-electron chi connectivity index (χ1n) is 9.49. The maximum Gasteiger partial charge on any atom is 0.305 e. The fourth-order valence-corrected chi connectivity index (χ4v) is 2.19. The summed E-state index contributed by atoms with van der Waals surface area (Å²) in [6.07, 6.45) is 15.6. The molecule has 0 bridgehead atoms. The maximum absolute atomic E-state index is 11.4. The Labute approximate surface area is 138 Å². The molecular formula is C19H40O3. The van der Waals surface area contributed by atoms with Crippen LogP contribution in [0.1, 0.15) is 104 Å². The van der Waals surface area contributed by atoms with Gasteiger partial charge in [-0.15, -0.1) is 0 Å². The summed E-state index contributed by atoms with van der Waals surface area (Å²) in [5.41, 5.74) is 0. The van der Waals surface area contributed by atoms with Crippen molar-refractivity contribution in [2.45, 2.75) is 104 Å². The lowest BCUT2D eigenvalue weighted by Crippen LogP contribution is -2.05. The van der Waals surface area contributed by atoms with Crippen molar-refractivity contribution < 1.29 is 14.6 Å². The first-order valence-corrected chi connectivity index (χ1v) is 9.49. The van der Waals surface area contributed by atoms with Gasteiger partial charge in [0.05, 0.1) is 6.61 Å². The van der Waals surface area contributed by atoms with Crippen LogP contribution in [-0.4, -0.2) is 24.3 Å².